The van der Waals surface area contributed by atoms with Crippen molar-refractivity contribution in [3.8, 4) is 5.75 Å². The number of nitrogens with one attached hydrogen (secondary N) is 1. The number of esters is 1. The van der Waals surface area contributed by atoms with Crippen LogP contribution in [0, 0.1) is 13.8 Å². The molecule has 0 aliphatic carbocycles. The van der Waals surface area contributed by atoms with Crippen LogP contribution in [-0.4, -0.2) is 46.7 Å². The first-order valence-electron chi connectivity index (χ1n) is 6.77. The van der Waals surface area contributed by atoms with Gasteiger partial charge in [-0.3, -0.25) is 4.79 Å². The topological polar surface area (TPSA) is 94.2 Å². The zero-order valence-corrected chi connectivity index (χ0v) is 14.1. The van der Waals surface area contributed by atoms with Gasteiger partial charge in [0.25, 0.3) is 0 Å². The van der Waals surface area contributed by atoms with Crippen molar-refractivity contribution in [2.24, 2.45) is 0 Å². The molecule has 2 heterocycles. The molecular weight excluding hydrogens is 318 g/mol. The Kier molecular flexibility index (Phi) is 5.38. The minimum atomic E-state index is -0.475. The number of carbonyl (C=O) groups excluding carboxylic acids is 2. The summed E-state index contributed by atoms with van der Waals surface area (Å²) in [6, 6.07) is 0. The van der Waals surface area contributed by atoms with Gasteiger partial charge in [0, 0.05) is 5.69 Å². The van der Waals surface area contributed by atoms with Crippen molar-refractivity contribution < 1.29 is 19.1 Å². The van der Waals surface area contributed by atoms with Gasteiger partial charge in [0.2, 0.25) is 5.78 Å². The van der Waals surface area contributed by atoms with Crippen LogP contribution in [0.2, 0.25) is 0 Å². The number of aromatic nitrogens is 3. The van der Waals surface area contributed by atoms with E-state index >= 15 is 0 Å². The first kappa shape index (κ1) is 17.0. The molecule has 0 fully saturated rings. The molecule has 7 nitrogen and oxygen atoms in total. The summed E-state index contributed by atoms with van der Waals surface area (Å²) in [5.41, 5.74) is 1.86. The SMILES string of the molecule is COC(=O)c1c(C)[nH]c(C(=O)COc2cnc(SC)nc2)c1C. The van der Waals surface area contributed by atoms with E-state index in [1.165, 1.54) is 31.3 Å². The number of H-pyrrole nitrogens is 1. The van der Waals surface area contributed by atoms with Gasteiger partial charge < -0.3 is 14.5 Å². The molecule has 0 spiro atoms. The first-order valence-corrected chi connectivity index (χ1v) is 8.00. The van der Waals surface area contributed by atoms with Crippen molar-refractivity contribution >= 4 is 23.5 Å². The highest BCUT2D eigenvalue weighted by atomic mass is 32.2. The van der Waals surface area contributed by atoms with Crippen LogP contribution < -0.4 is 4.74 Å². The maximum atomic E-state index is 12.3. The van der Waals surface area contributed by atoms with Crippen LogP contribution >= 0.6 is 11.8 Å². The molecule has 23 heavy (non-hydrogen) atoms. The molecule has 0 aliphatic rings. The fourth-order valence-electron chi connectivity index (χ4n) is 2.14. The third-order valence-electron chi connectivity index (χ3n) is 3.26. The highest BCUT2D eigenvalue weighted by molar-refractivity contribution is 7.98. The van der Waals surface area contributed by atoms with Crippen molar-refractivity contribution in [3.05, 3.63) is 34.9 Å². The molecule has 0 amide bonds. The maximum absolute atomic E-state index is 12.3. The Hall–Kier alpha value is -2.35. The molecule has 0 atom stereocenters. The van der Waals surface area contributed by atoms with Gasteiger partial charge in [-0.2, -0.15) is 0 Å². The summed E-state index contributed by atoms with van der Waals surface area (Å²) in [5, 5.41) is 0.627. The molecule has 2 rings (SSSR count). The number of carbonyl (C=O) groups is 2. The number of hydrogen-bond acceptors (Lipinski definition) is 7. The normalized spacial score (nSPS) is 10.4. The second kappa shape index (κ2) is 7.28. The quantitative estimate of drug-likeness (QED) is 0.374. The van der Waals surface area contributed by atoms with Crippen LogP contribution in [-0.2, 0) is 4.74 Å². The number of ketones is 1. The molecule has 2 aromatic heterocycles. The number of Topliss-reactive ketones (excluding diaryl/α,β-unsaturated/α-hetero) is 1. The van der Waals surface area contributed by atoms with Gasteiger partial charge in [-0.25, -0.2) is 14.8 Å². The zero-order valence-electron chi connectivity index (χ0n) is 13.3. The maximum Gasteiger partial charge on any atom is 0.339 e. The van der Waals surface area contributed by atoms with Crippen LogP contribution in [0.5, 0.6) is 5.75 Å². The molecule has 8 heteroatoms. The number of hydrogen-bond donors (Lipinski definition) is 1. The van der Waals surface area contributed by atoms with Crippen LogP contribution in [0.1, 0.15) is 32.1 Å². The third-order valence-corrected chi connectivity index (χ3v) is 3.84. The standard InChI is InChI=1S/C15H17N3O4S/c1-8-12(14(20)21-3)9(2)18-13(8)11(19)7-22-10-5-16-15(23-4)17-6-10/h5-6,18H,7H2,1-4H3. The Labute approximate surface area is 137 Å². The first-order chi connectivity index (χ1) is 11.0. The summed E-state index contributed by atoms with van der Waals surface area (Å²) in [4.78, 5) is 35.1. The van der Waals surface area contributed by atoms with Crippen molar-refractivity contribution in [3.63, 3.8) is 0 Å². The summed E-state index contributed by atoms with van der Waals surface area (Å²) in [6.07, 6.45) is 4.90. The summed E-state index contributed by atoms with van der Waals surface area (Å²) < 4.78 is 10.1. The van der Waals surface area contributed by atoms with E-state index in [1.807, 2.05) is 6.26 Å². The molecular formula is C15H17N3O4S. The Morgan fingerprint density at radius 3 is 2.48 bits per heavy atom. The fraction of sp³-hybridized carbons (Fsp3) is 0.333. The molecule has 0 saturated heterocycles. The molecule has 122 valence electrons. The van der Waals surface area contributed by atoms with E-state index < -0.39 is 5.97 Å². The minimum Gasteiger partial charge on any atom is -0.482 e. The second-order valence-electron chi connectivity index (χ2n) is 4.73. The summed E-state index contributed by atoms with van der Waals surface area (Å²) in [5.74, 6) is -0.336. The lowest BCUT2D eigenvalue weighted by atomic mass is 10.1. The van der Waals surface area contributed by atoms with Crippen molar-refractivity contribution in [2.75, 3.05) is 20.0 Å². The number of methoxy groups -OCH3 is 1. The molecule has 0 saturated carbocycles. The Bertz CT molecular complexity index is 725. The monoisotopic (exact) mass is 335 g/mol. The minimum absolute atomic E-state index is 0.177. The molecule has 0 bridgehead atoms. The molecule has 0 radical (unpaired) electrons. The Morgan fingerprint density at radius 2 is 1.91 bits per heavy atom. The Morgan fingerprint density at radius 1 is 1.26 bits per heavy atom. The zero-order chi connectivity index (χ0) is 17.0. The number of aryl methyl sites for hydroxylation is 1. The van der Waals surface area contributed by atoms with Gasteiger partial charge in [-0.1, -0.05) is 11.8 Å². The van der Waals surface area contributed by atoms with E-state index in [2.05, 4.69) is 15.0 Å². The lowest BCUT2D eigenvalue weighted by Crippen LogP contribution is -2.14. The van der Waals surface area contributed by atoms with E-state index in [-0.39, 0.29) is 12.4 Å². The average molecular weight is 335 g/mol. The van der Waals surface area contributed by atoms with Gasteiger partial charge in [0.15, 0.2) is 17.5 Å². The molecule has 2 aromatic rings. The highest BCUT2D eigenvalue weighted by Gasteiger charge is 2.22. The van der Waals surface area contributed by atoms with Gasteiger partial charge in [-0.15, -0.1) is 0 Å². The summed E-state index contributed by atoms with van der Waals surface area (Å²) in [6.45, 7) is 3.23. The molecule has 1 N–H and O–H groups in total. The van der Waals surface area contributed by atoms with E-state index in [0.29, 0.717) is 33.4 Å². The van der Waals surface area contributed by atoms with E-state index in [9.17, 15) is 9.59 Å². The van der Waals surface area contributed by atoms with Gasteiger partial charge in [0.05, 0.1) is 30.8 Å². The van der Waals surface area contributed by atoms with Gasteiger partial charge >= 0.3 is 5.97 Å². The van der Waals surface area contributed by atoms with Crippen molar-refractivity contribution in [1.29, 1.82) is 0 Å². The smallest absolute Gasteiger partial charge is 0.339 e. The second-order valence-corrected chi connectivity index (χ2v) is 5.51. The number of nitrogens with zero attached hydrogens (tertiary/aromatic N) is 2. The average Bonchev–Trinajstić information content (AvgIpc) is 2.87. The predicted molar refractivity (Wildman–Crippen MR) is 85.2 cm³/mol. The van der Waals surface area contributed by atoms with Gasteiger partial charge in [-0.05, 0) is 25.7 Å². The van der Waals surface area contributed by atoms with E-state index in [4.69, 9.17) is 9.47 Å². The number of thioether (sulfide) groups is 1. The highest BCUT2D eigenvalue weighted by Crippen LogP contribution is 2.20. The lowest BCUT2D eigenvalue weighted by Gasteiger charge is -2.05. The number of rotatable bonds is 6. The molecule has 0 aliphatic heterocycles. The van der Waals surface area contributed by atoms with E-state index in [1.54, 1.807) is 13.8 Å². The fourth-order valence-corrected chi connectivity index (χ4v) is 2.46. The lowest BCUT2D eigenvalue weighted by molar-refractivity contribution is 0.0599. The summed E-state index contributed by atoms with van der Waals surface area (Å²) in [7, 11) is 1.30. The molecule has 0 unspecified atom stereocenters. The number of ether oxygens (including phenoxy) is 2. The van der Waals surface area contributed by atoms with Crippen LogP contribution in [0.4, 0.5) is 0 Å². The van der Waals surface area contributed by atoms with Crippen LogP contribution in [0.25, 0.3) is 0 Å². The van der Waals surface area contributed by atoms with Gasteiger partial charge in [0.1, 0.15) is 0 Å². The van der Waals surface area contributed by atoms with Crippen molar-refractivity contribution in [2.45, 2.75) is 19.0 Å². The Balaban J connectivity index is 2.10. The van der Waals surface area contributed by atoms with E-state index in [0.717, 1.165) is 0 Å². The van der Waals surface area contributed by atoms with Crippen molar-refractivity contribution in [1.82, 2.24) is 15.0 Å². The predicted octanol–water partition coefficient (Wildman–Crippen LogP) is 2.19. The van der Waals surface area contributed by atoms with Crippen LogP contribution in [0.3, 0.4) is 0 Å². The molecule has 0 aromatic carbocycles. The summed E-state index contributed by atoms with van der Waals surface area (Å²) >= 11 is 1.42. The number of aromatic amines is 1. The van der Waals surface area contributed by atoms with Crippen LogP contribution in [0.15, 0.2) is 17.6 Å². The third kappa shape index (κ3) is 3.70. The largest absolute Gasteiger partial charge is 0.482 e.